The van der Waals surface area contributed by atoms with Crippen LogP contribution in [0.1, 0.15) is 5.56 Å². The number of nitrogens with two attached hydrogens (primary N) is 1. The second-order valence-electron chi connectivity index (χ2n) is 2.25. The van der Waals surface area contributed by atoms with Gasteiger partial charge in [0.15, 0.2) is 5.96 Å². The second kappa shape index (κ2) is 5.82. The minimum absolute atomic E-state index is 0. The van der Waals surface area contributed by atoms with Gasteiger partial charge in [-0.05, 0) is 5.56 Å². The average molecular weight is 277 g/mol. The Morgan fingerprint density at radius 3 is 2.42 bits per heavy atom. The van der Waals surface area contributed by atoms with Crippen LogP contribution in [0.15, 0.2) is 30.3 Å². The highest BCUT2D eigenvalue weighted by atomic mass is 127. The number of hydrogen-bond donors (Lipinski definition) is 3. The summed E-state index contributed by atoms with van der Waals surface area (Å²) in [5.74, 6) is 0.00820. The van der Waals surface area contributed by atoms with E-state index in [9.17, 15) is 0 Å². The summed E-state index contributed by atoms with van der Waals surface area (Å²) in [6, 6.07) is 9.83. The first-order valence-electron chi connectivity index (χ1n) is 3.41. The first-order chi connectivity index (χ1) is 5.29. The predicted molar refractivity (Wildman–Crippen MR) is 60.6 cm³/mol. The van der Waals surface area contributed by atoms with Gasteiger partial charge in [0.2, 0.25) is 0 Å². The van der Waals surface area contributed by atoms with Gasteiger partial charge in [0.1, 0.15) is 0 Å². The van der Waals surface area contributed by atoms with Gasteiger partial charge in [0.25, 0.3) is 0 Å². The van der Waals surface area contributed by atoms with Gasteiger partial charge in [-0.3, -0.25) is 5.41 Å². The van der Waals surface area contributed by atoms with Crippen LogP contribution in [-0.4, -0.2) is 5.96 Å². The van der Waals surface area contributed by atoms with Crippen LogP contribution in [0.3, 0.4) is 0 Å². The van der Waals surface area contributed by atoms with Crippen LogP contribution in [0, 0.1) is 5.41 Å². The molecule has 0 aliphatic rings. The zero-order chi connectivity index (χ0) is 8.10. The summed E-state index contributed by atoms with van der Waals surface area (Å²) in [5, 5.41) is 9.63. The largest absolute Gasteiger partial charge is 0.370 e. The smallest absolute Gasteiger partial charge is 0.185 e. The fourth-order valence-corrected chi connectivity index (χ4v) is 0.793. The van der Waals surface area contributed by atoms with Crippen molar-refractivity contribution in [1.29, 1.82) is 5.41 Å². The number of guanidine groups is 1. The molecule has 0 radical (unpaired) electrons. The van der Waals surface area contributed by atoms with Crippen molar-refractivity contribution in [3.63, 3.8) is 0 Å². The second-order valence-corrected chi connectivity index (χ2v) is 2.25. The summed E-state index contributed by atoms with van der Waals surface area (Å²) in [7, 11) is 0. The Kier molecular flexibility index (Phi) is 5.44. The first kappa shape index (κ1) is 11.2. The summed E-state index contributed by atoms with van der Waals surface area (Å²) in [5.41, 5.74) is 6.24. The van der Waals surface area contributed by atoms with E-state index in [1.165, 1.54) is 0 Å². The van der Waals surface area contributed by atoms with Gasteiger partial charge in [-0.2, -0.15) is 0 Å². The first-order valence-corrected chi connectivity index (χ1v) is 3.41. The van der Waals surface area contributed by atoms with Crippen LogP contribution in [0.2, 0.25) is 0 Å². The van der Waals surface area contributed by atoms with Crippen molar-refractivity contribution in [3.05, 3.63) is 35.9 Å². The Bertz CT molecular complexity index is 235. The normalized spacial score (nSPS) is 8.33. The molecule has 0 atom stereocenters. The van der Waals surface area contributed by atoms with Crippen molar-refractivity contribution < 1.29 is 0 Å². The Hall–Kier alpha value is -0.780. The molecule has 0 heterocycles. The Labute approximate surface area is 88.9 Å². The molecule has 66 valence electrons. The van der Waals surface area contributed by atoms with Gasteiger partial charge in [-0.25, -0.2) is 0 Å². The molecule has 0 unspecified atom stereocenters. The quantitative estimate of drug-likeness (QED) is 0.433. The molecule has 1 aromatic rings. The summed E-state index contributed by atoms with van der Waals surface area (Å²) < 4.78 is 0. The maximum Gasteiger partial charge on any atom is 0.185 e. The van der Waals surface area contributed by atoms with Crippen LogP contribution >= 0.6 is 24.0 Å². The molecule has 0 aliphatic heterocycles. The van der Waals surface area contributed by atoms with Crippen molar-refractivity contribution in [2.75, 3.05) is 0 Å². The average Bonchev–Trinajstić information content (AvgIpc) is 2.03. The van der Waals surface area contributed by atoms with Gasteiger partial charge in [0, 0.05) is 6.54 Å². The zero-order valence-electron chi connectivity index (χ0n) is 6.58. The number of benzene rings is 1. The van der Waals surface area contributed by atoms with E-state index in [1.54, 1.807) is 0 Å². The SMILES string of the molecule is I.N=C(N)NCc1ccccc1. The molecule has 4 heteroatoms. The maximum atomic E-state index is 6.91. The summed E-state index contributed by atoms with van der Waals surface area (Å²) in [6.07, 6.45) is 0. The summed E-state index contributed by atoms with van der Waals surface area (Å²) >= 11 is 0. The number of nitrogens with one attached hydrogen (secondary N) is 2. The Balaban J connectivity index is 0.00000121. The van der Waals surface area contributed by atoms with Gasteiger partial charge in [-0.1, -0.05) is 30.3 Å². The van der Waals surface area contributed by atoms with Crippen molar-refractivity contribution >= 4 is 29.9 Å². The number of rotatable bonds is 2. The fraction of sp³-hybridized carbons (Fsp3) is 0.125. The molecule has 0 bridgehead atoms. The third-order valence-corrected chi connectivity index (χ3v) is 1.33. The van der Waals surface area contributed by atoms with E-state index in [4.69, 9.17) is 11.1 Å². The Morgan fingerprint density at radius 2 is 1.92 bits per heavy atom. The molecular formula is C8H12IN3. The van der Waals surface area contributed by atoms with Crippen molar-refractivity contribution in [2.45, 2.75) is 6.54 Å². The molecule has 12 heavy (non-hydrogen) atoms. The lowest BCUT2D eigenvalue weighted by Crippen LogP contribution is -2.29. The van der Waals surface area contributed by atoms with Crippen molar-refractivity contribution in [1.82, 2.24) is 5.32 Å². The molecule has 0 fully saturated rings. The topological polar surface area (TPSA) is 61.9 Å². The third-order valence-electron chi connectivity index (χ3n) is 1.33. The molecule has 0 aliphatic carbocycles. The van der Waals surface area contributed by atoms with E-state index >= 15 is 0 Å². The lowest BCUT2D eigenvalue weighted by Gasteiger charge is -2.01. The molecule has 0 spiro atoms. The van der Waals surface area contributed by atoms with Crippen LogP contribution in [0.5, 0.6) is 0 Å². The molecule has 0 saturated carbocycles. The van der Waals surface area contributed by atoms with Gasteiger partial charge >= 0.3 is 0 Å². The fourth-order valence-electron chi connectivity index (χ4n) is 0.793. The van der Waals surface area contributed by atoms with Crippen LogP contribution in [0.25, 0.3) is 0 Å². The zero-order valence-corrected chi connectivity index (χ0v) is 8.91. The summed E-state index contributed by atoms with van der Waals surface area (Å²) in [6.45, 7) is 0.621. The highest BCUT2D eigenvalue weighted by Crippen LogP contribution is 1.96. The van der Waals surface area contributed by atoms with E-state index in [2.05, 4.69) is 5.32 Å². The molecule has 0 aromatic heterocycles. The Morgan fingerprint density at radius 1 is 1.33 bits per heavy atom. The van der Waals surface area contributed by atoms with Crippen LogP contribution in [-0.2, 0) is 6.54 Å². The number of hydrogen-bond acceptors (Lipinski definition) is 1. The van der Waals surface area contributed by atoms with Crippen molar-refractivity contribution in [2.24, 2.45) is 5.73 Å². The van der Waals surface area contributed by atoms with E-state index < -0.39 is 0 Å². The van der Waals surface area contributed by atoms with E-state index in [0.717, 1.165) is 5.56 Å². The van der Waals surface area contributed by atoms with E-state index in [-0.39, 0.29) is 29.9 Å². The van der Waals surface area contributed by atoms with Crippen LogP contribution in [0.4, 0.5) is 0 Å². The van der Waals surface area contributed by atoms with Crippen LogP contribution < -0.4 is 11.1 Å². The van der Waals surface area contributed by atoms with Gasteiger partial charge in [-0.15, -0.1) is 24.0 Å². The minimum Gasteiger partial charge on any atom is -0.370 e. The standard InChI is InChI=1S/C8H11N3.HI/c9-8(10)11-6-7-4-2-1-3-5-7;/h1-5H,6H2,(H4,9,10,11);1H. The third kappa shape index (κ3) is 4.17. The molecule has 0 saturated heterocycles. The van der Waals surface area contributed by atoms with Gasteiger partial charge in [0.05, 0.1) is 0 Å². The lowest BCUT2D eigenvalue weighted by atomic mass is 10.2. The van der Waals surface area contributed by atoms with E-state index in [0.29, 0.717) is 6.54 Å². The molecule has 0 amide bonds. The molecule has 1 rings (SSSR count). The molecule has 4 N–H and O–H groups in total. The molecule has 3 nitrogen and oxygen atoms in total. The maximum absolute atomic E-state index is 6.91. The van der Waals surface area contributed by atoms with Gasteiger partial charge < -0.3 is 11.1 Å². The van der Waals surface area contributed by atoms with Crippen molar-refractivity contribution in [3.8, 4) is 0 Å². The monoisotopic (exact) mass is 277 g/mol. The predicted octanol–water partition coefficient (Wildman–Crippen LogP) is 1.29. The highest BCUT2D eigenvalue weighted by Gasteiger charge is 1.89. The lowest BCUT2D eigenvalue weighted by molar-refractivity contribution is 0.897. The number of halogens is 1. The minimum atomic E-state index is 0. The highest BCUT2D eigenvalue weighted by molar-refractivity contribution is 14.0. The molecular weight excluding hydrogens is 265 g/mol. The molecule has 1 aromatic carbocycles. The van der Waals surface area contributed by atoms with E-state index in [1.807, 2.05) is 30.3 Å². The summed E-state index contributed by atoms with van der Waals surface area (Å²) in [4.78, 5) is 0.